The van der Waals surface area contributed by atoms with Crippen molar-refractivity contribution >= 4 is 27.3 Å². The standard InChI is InChI=1S/C11H10BrF3N2/c1-7(16)6-10(11(13,14)15)17-9-4-2-8(12)3-5-9/h2-6H,16H2,1H3/b7-6-,17-10?. The minimum atomic E-state index is -4.52. The quantitative estimate of drug-likeness (QED) is 0.826. The third-order valence-corrected chi connectivity index (χ3v) is 2.26. The topological polar surface area (TPSA) is 38.4 Å². The van der Waals surface area contributed by atoms with Gasteiger partial charge in [-0.25, -0.2) is 4.99 Å². The van der Waals surface area contributed by atoms with Crippen LogP contribution in [0, 0.1) is 0 Å². The van der Waals surface area contributed by atoms with E-state index in [1.54, 1.807) is 12.1 Å². The number of benzene rings is 1. The maximum atomic E-state index is 12.6. The van der Waals surface area contributed by atoms with E-state index in [9.17, 15) is 13.2 Å². The van der Waals surface area contributed by atoms with Crippen molar-refractivity contribution in [3.8, 4) is 0 Å². The Labute approximate surface area is 105 Å². The van der Waals surface area contributed by atoms with E-state index in [1.165, 1.54) is 19.1 Å². The van der Waals surface area contributed by atoms with Crippen molar-refractivity contribution in [1.29, 1.82) is 0 Å². The number of allylic oxidation sites excluding steroid dienone is 2. The van der Waals surface area contributed by atoms with E-state index in [0.29, 0.717) is 0 Å². The molecule has 0 atom stereocenters. The van der Waals surface area contributed by atoms with Crippen molar-refractivity contribution in [2.75, 3.05) is 0 Å². The molecule has 0 radical (unpaired) electrons. The van der Waals surface area contributed by atoms with Crippen LogP contribution in [0.25, 0.3) is 0 Å². The zero-order chi connectivity index (χ0) is 13.1. The molecule has 1 aromatic rings. The molecule has 1 aromatic carbocycles. The molecule has 0 aliphatic heterocycles. The second-order valence-corrected chi connectivity index (χ2v) is 4.28. The molecule has 0 saturated carbocycles. The highest BCUT2D eigenvalue weighted by molar-refractivity contribution is 9.10. The molecule has 0 fully saturated rings. The molecule has 0 aromatic heterocycles. The van der Waals surface area contributed by atoms with Crippen molar-refractivity contribution in [3.63, 3.8) is 0 Å². The average molecular weight is 307 g/mol. The lowest BCUT2D eigenvalue weighted by atomic mass is 10.2. The van der Waals surface area contributed by atoms with Crippen LogP contribution in [0.4, 0.5) is 18.9 Å². The van der Waals surface area contributed by atoms with Crippen LogP contribution in [0.5, 0.6) is 0 Å². The Morgan fingerprint density at radius 2 is 1.82 bits per heavy atom. The van der Waals surface area contributed by atoms with E-state index in [1.807, 2.05) is 0 Å². The number of hydrogen-bond donors (Lipinski definition) is 1. The van der Waals surface area contributed by atoms with E-state index in [-0.39, 0.29) is 11.4 Å². The summed E-state index contributed by atoms with van der Waals surface area (Å²) in [5.74, 6) is 0. The zero-order valence-corrected chi connectivity index (χ0v) is 10.5. The molecule has 0 aliphatic rings. The van der Waals surface area contributed by atoms with E-state index in [0.717, 1.165) is 10.5 Å². The third-order valence-electron chi connectivity index (χ3n) is 1.73. The first kappa shape index (κ1) is 13.8. The lowest BCUT2D eigenvalue weighted by molar-refractivity contribution is -0.0576. The van der Waals surface area contributed by atoms with Crippen LogP contribution < -0.4 is 5.73 Å². The van der Waals surface area contributed by atoms with Gasteiger partial charge in [0.05, 0.1) is 5.69 Å². The molecule has 2 N–H and O–H groups in total. The molecular formula is C11H10BrF3N2. The second kappa shape index (κ2) is 5.35. The van der Waals surface area contributed by atoms with E-state index in [2.05, 4.69) is 20.9 Å². The summed E-state index contributed by atoms with van der Waals surface area (Å²) in [5.41, 5.74) is 4.50. The molecule has 92 valence electrons. The Hall–Kier alpha value is -1.30. The largest absolute Gasteiger partial charge is 0.433 e. The van der Waals surface area contributed by atoms with Gasteiger partial charge in [-0.3, -0.25) is 0 Å². The molecule has 0 spiro atoms. The molecule has 0 heterocycles. The van der Waals surface area contributed by atoms with Gasteiger partial charge in [0.25, 0.3) is 0 Å². The summed E-state index contributed by atoms with van der Waals surface area (Å²) in [7, 11) is 0. The Kier molecular flexibility index (Phi) is 4.34. The van der Waals surface area contributed by atoms with Crippen molar-refractivity contribution < 1.29 is 13.2 Å². The van der Waals surface area contributed by atoms with Crippen LogP contribution in [0.2, 0.25) is 0 Å². The molecule has 0 saturated heterocycles. The van der Waals surface area contributed by atoms with Gasteiger partial charge in [-0.15, -0.1) is 0 Å². The van der Waals surface area contributed by atoms with Gasteiger partial charge in [-0.05, 0) is 37.3 Å². The number of hydrogen-bond acceptors (Lipinski definition) is 2. The van der Waals surface area contributed by atoms with Crippen molar-refractivity contribution in [3.05, 3.63) is 40.5 Å². The SMILES string of the molecule is C/C(N)=C/C(=Nc1ccc(Br)cc1)C(F)(F)F. The molecular weight excluding hydrogens is 297 g/mol. The Morgan fingerprint density at radius 1 is 1.29 bits per heavy atom. The minimum absolute atomic E-state index is 0.0539. The van der Waals surface area contributed by atoms with E-state index in [4.69, 9.17) is 5.73 Å². The lowest BCUT2D eigenvalue weighted by Gasteiger charge is -2.07. The highest BCUT2D eigenvalue weighted by atomic mass is 79.9. The number of nitrogens with zero attached hydrogens (tertiary/aromatic N) is 1. The fourth-order valence-electron chi connectivity index (χ4n) is 1.05. The number of nitrogens with two attached hydrogens (primary N) is 1. The summed E-state index contributed by atoms with van der Waals surface area (Å²) in [4.78, 5) is 3.53. The summed E-state index contributed by atoms with van der Waals surface area (Å²) in [6, 6.07) is 6.20. The van der Waals surface area contributed by atoms with Crippen LogP contribution in [0.15, 0.2) is 45.5 Å². The van der Waals surface area contributed by atoms with Crippen LogP contribution in [-0.2, 0) is 0 Å². The number of rotatable bonds is 2. The lowest BCUT2D eigenvalue weighted by Crippen LogP contribution is -2.21. The third kappa shape index (κ3) is 4.60. The van der Waals surface area contributed by atoms with Gasteiger partial charge >= 0.3 is 6.18 Å². The second-order valence-electron chi connectivity index (χ2n) is 3.36. The van der Waals surface area contributed by atoms with Crippen LogP contribution >= 0.6 is 15.9 Å². The maximum Gasteiger partial charge on any atom is 0.433 e. The summed E-state index contributed by atoms with van der Waals surface area (Å²) < 4.78 is 38.6. The first-order valence-corrected chi connectivity index (χ1v) is 5.43. The monoisotopic (exact) mass is 306 g/mol. The summed E-state index contributed by atoms with van der Waals surface area (Å²) in [5, 5.41) is 0. The van der Waals surface area contributed by atoms with Gasteiger partial charge in [-0.1, -0.05) is 15.9 Å². The molecule has 1 rings (SSSR count). The number of alkyl halides is 3. The van der Waals surface area contributed by atoms with Gasteiger partial charge in [0, 0.05) is 10.2 Å². The fraction of sp³-hybridized carbons (Fsp3) is 0.182. The van der Waals surface area contributed by atoms with E-state index < -0.39 is 11.9 Å². The summed E-state index contributed by atoms with van der Waals surface area (Å²) in [6.07, 6.45) is -3.71. The predicted octanol–water partition coefficient (Wildman–Crippen LogP) is 3.95. The molecule has 0 bridgehead atoms. The normalized spacial score (nSPS) is 13.9. The van der Waals surface area contributed by atoms with Crippen molar-refractivity contribution in [2.45, 2.75) is 13.1 Å². The summed E-state index contributed by atoms with van der Waals surface area (Å²) >= 11 is 3.19. The van der Waals surface area contributed by atoms with Crippen LogP contribution in [-0.4, -0.2) is 11.9 Å². The van der Waals surface area contributed by atoms with Crippen LogP contribution in [0.1, 0.15) is 6.92 Å². The van der Waals surface area contributed by atoms with Crippen molar-refractivity contribution in [2.24, 2.45) is 10.7 Å². The zero-order valence-electron chi connectivity index (χ0n) is 8.92. The van der Waals surface area contributed by atoms with E-state index >= 15 is 0 Å². The Balaban J connectivity index is 3.14. The Bertz CT molecular complexity index is 443. The smallest absolute Gasteiger partial charge is 0.402 e. The molecule has 0 aliphatic carbocycles. The fourth-order valence-corrected chi connectivity index (χ4v) is 1.31. The van der Waals surface area contributed by atoms with Gasteiger partial charge < -0.3 is 5.73 Å². The first-order chi connectivity index (χ1) is 7.79. The molecule has 6 heteroatoms. The molecule has 2 nitrogen and oxygen atoms in total. The minimum Gasteiger partial charge on any atom is -0.402 e. The van der Waals surface area contributed by atoms with Gasteiger partial charge in [0.2, 0.25) is 0 Å². The average Bonchev–Trinajstić information content (AvgIpc) is 2.18. The van der Waals surface area contributed by atoms with Gasteiger partial charge in [-0.2, -0.15) is 13.2 Å². The Morgan fingerprint density at radius 3 is 2.24 bits per heavy atom. The highest BCUT2D eigenvalue weighted by Gasteiger charge is 2.34. The first-order valence-electron chi connectivity index (χ1n) is 4.64. The number of aliphatic imine (C=N–C) groups is 1. The van der Waals surface area contributed by atoms with Crippen LogP contribution in [0.3, 0.4) is 0 Å². The van der Waals surface area contributed by atoms with Gasteiger partial charge in [0.1, 0.15) is 5.71 Å². The molecule has 0 unspecified atom stereocenters. The highest BCUT2D eigenvalue weighted by Crippen LogP contribution is 2.23. The van der Waals surface area contributed by atoms with Crippen molar-refractivity contribution in [1.82, 2.24) is 0 Å². The molecule has 17 heavy (non-hydrogen) atoms. The predicted molar refractivity (Wildman–Crippen MR) is 65.2 cm³/mol. The molecule has 0 amide bonds. The summed E-state index contributed by atoms with van der Waals surface area (Å²) in [6.45, 7) is 1.38. The maximum absolute atomic E-state index is 12.6. The van der Waals surface area contributed by atoms with Gasteiger partial charge in [0.15, 0.2) is 0 Å². The number of halogens is 4.